The van der Waals surface area contributed by atoms with E-state index in [9.17, 15) is 14.7 Å². The summed E-state index contributed by atoms with van der Waals surface area (Å²) in [5.74, 6) is -0.0424. The Bertz CT molecular complexity index is 778. The van der Waals surface area contributed by atoms with Gasteiger partial charge in [-0.15, -0.1) is 0 Å². The van der Waals surface area contributed by atoms with E-state index >= 15 is 0 Å². The van der Waals surface area contributed by atoms with E-state index in [1.54, 1.807) is 24.3 Å². The van der Waals surface area contributed by atoms with Crippen molar-refractivity contribution in [3.8, 4) is 5.75 Å². The van der Waals surface area contributed by atoms with Crippen LogP contribution in [0.3, 0.4) is 0 Å². The Balaban J connectivity index is 1.64. The predicted molar refractivity (Wildman–Crippen MR) is 94.1 cm³/mol. The molecule has 130 valence electrons. The lowest BCUT2D eigenvalue weighted by molar-refractivity contribution is -0.117. The van der Waals surface area contributed by atoms with Crippen LogP contribution < -0.4 is 16.0 Å². The number of benzene rings is 1. The van der Waals surface area contributed by atoms with Crippen molar-refractivity contribution in [2.75, 3.05) is 17.2 Å². The Hall–Kier alpha value is -3.06. The highest BCUT2D eigenvalue weighted by atomic mass is 16.3. The number of aromatic hydroxyl groups is 1. The van der Waals surface area contributed by atoms with Crippen LogP contribution in [-0.2, 0) is 9.59 Å². The molecule has 2 aromatic rings. The largest absolute Gasteiger partial charge is 0.506 e. The average molecular weight is 341 g/mol. The second-order valence-electron chi connectivity index (χ2n) is 5.71. The highest BCUT2D eigenvalue weighted by molar-refractivity contribution is 6.03. The van der Waals surface area contributed by atoms with E-state index in [0.717, 1.165) is 19.4 Å². The van der Waals surface area contributed by atoms with Gasteiger partial charge in [0.1, 0.15) is 11.5 Å². The van der Waals surface area contributed by atoms with Crippen molar-refractivity contribution in [2.45, 2.75) is 18.9 Å². The van der Waals surface area contributed by atoms with Crippen LogP contribution in [-0.4, -0.2) is 29.5 Å². The Morgan fingerprint density at radius 1 is 1.28 bits per heavy atom. The van der Waals surface area contributed by atoms with Gasteiger partial charge >= 0.3 is 0 Å². The lowest BCUT2D eigenvalue weighted by atomic mass is 10.2. The molecule has 1 aliphatic rings. The van der Waals surface area contributed by atoms with Gasteiger partial charge in [0.25, 0.3) is 0 Å². The molecule has 1 saturated heterocycles. The van der Waals surface area contributed by atoms with Crippen LogP contribution in [0.4, 0.5) is 11.4 Å². The molecule has 0 aliphatic carbocycles. The molecule has 0 spiro atoms. The molecule has 1 fully saturated rings. The molecule has 0 bridgehead atoms. The van der Waals surface area contributed by atoms with Crippen LogP contribution in [0.1, 0.15) is 18.6 Å². The normalized spacial score (nSPS) is 16.9. The minimum absolute atomic E-state index is 0.0597. The van der Waals surface area contributed by atoms with Gasteiger partial charge in [-0.3, -0.25) is 9.59 Å². The molecule has 4 N–H and O–H groups in total. The Kier molecular flexibility index (Phi) is 5.15. The maximum Gasteiger partial charge on any atom is 0.248 e. The quantitative estimate of drug-likeness (QED) is 0.380. The topological polar surface area (TPSA) is 104 Å². The van der Waals surface area contributed by atoms with Crippen molar-refractivity contribution < 1.29 is 19.1 Å². The third-order valence-electron chi connectivity index (χ3n) is 3.84. The van der Waals surface area contributed by atoms with Crippen molar-refractivity contribution in [1.29, 1.82) is 0 Å². The molecule has 0 unspecified atom stereocenters. The number of anilines is 2. The summed E-state index contributed by atoms with van der Waals surface area (Å²) in [5, 5.41) is 18.4. The number of carbonyl (C=O) groups excluding carboxylic acids is 2. The maximum atomic E-state index is 12.1. The molecule has 7 heteroatoms. The molecule has 2 amide bonds. The van der Waals surface area contributed by atoms with E-state index in [-0.39, 0.29) is 29.3 Å². The third-order valence-corrected chi connectivity index (χ3v) is 3.84. The molecule has 1 aliphatic heterocycles. The minimum atomic E-state index is -0.350. The predicted octanol–water partition coefficient (Wildman–Crippen LogP) is 2.33. The SMILES string of the molecule is O=C(C=Cc1ccco1)Nc1ccc(O)c(NC(=O)[C@@H]2CCCN2)c1. The summed E-state index contributed by atoms with van der Waals surface area (Å²) in [4.78, 5) is 24.1. The van der Waals surface area contributed by atoms with Crippen molar-refractivity contribution >= 4 is 29.3 Å². The zero-order valence-electron chi connectivity index (χ0n) is 13.5. The lowest BCUT2D eigenvalue weighted by Gasteiger charge is -2.13. The van der Waals surface area contributed by atoms with Crippen LogP contribution in [0.15, 0.2) is 47.1 Å². The Morgan fingerprint density at radius 3 is 2.88 bits per heavy atom. The van der Waals surface area contributed by atoms with Gasteiger partial charge in [0.05, 0.1) is 18.0 Å². The minimum Gasteiger partial charge on any atom is -0.506 e. The van der Waals surface area contributed by atoms with Gasteiger partial charge in [-0.05, 0) is 55.8 Å². The number of hydrogen-bond donors (Lipinski definition) is 4. The first-order valence-electron chi connectivity index (χ1n) is 8.01. The fourth-order valence-corrected chi connectivity index (χ4v) is 2.57. The molecule has 0 saturated carbocycles. The summed E-state index contributed by atoms with van der Waals surface area (Å²) in [6.45, 7) is 0.808. The van der Waals surface area contributed by atoms with Gasteiger partial charge in [-0.25, -0.2) is 0 Å². The molecule has 1 atom stereocenters. The molecular weight excluding hydrogens is 322 g/mol. The van der Waals surface area contributed by atoms with Gasteiger partial charge in [-0.2, -0.15) is 0 Å². The summed E-state index contributed by atoms with van der Waals surface area (Å²) >= 11 is 0. The highest BCUT2D eigenvalue weighted by Crippen LogP contribution is 2.27. The molecule has 3 rings (SSSR count). The van der Waals surface area contributed by atoms with Crippen molar-refractivity contribution in [3.63, 3.8) is 0 Å². The number of amides is 2. The van der Waals surface area contributed by atoms with E-state index in [4.69, 9.17) is 4.42 Å². The first-order chi connectivity index (χ1) is 12.1. The van der Waals surface area contributed by atoms with Crippen LogP contribution in [0.5, 0.6) is 5.75 Å². The fourth-order valence-electron chi connectivity index (χ4n) is 2.57. The van der Waals surface area contributed by atoms with Crippen molar-refractivity contribution in [3.05, 3.63) is 48.4 Å². The van der Waals surface area contributed by atoms with Gasteiger partial charge in [0.2, 0.25) is 11.8 Å². The number of hydrogen-bond acceptors (Lipinski definition) is 5. The van der Waals surface area contributed by atoms with Crippen LogP contribution in [0.2, 0.25) is 0 Å². The van der Waals surface area contributed by atoms with E-state index < -0.39 is 0 Å². The van der Waals surface area contributed by atoms with E-state index in [1.165, 1.54) is 24.5 Å². The number of furan rings is 1. The molecule has 1 aromatic heterocycles. The van der Waals surface area contributed by atoms with E-state index in [2.05, 4.69) is 16.0 Å². The monoisotopic (exact) mass is 341 g/mol. The number of phenolic OH excluding ortho intramolecular Hbond substituents is 1. The van der Waals surface area contributed by atoms with Crippen LogP contribution in [0, 0.1) is 0 Å². The van der Waals surface area contributed by atoms with Crippen molar-refractivity contribution in [1.82, 2.24) is 5.32 Å². The zero-order chi connectivity index (χ0) is 17.6. The molecule has 7 nitrogen and oxygen atoms in total. The Labute approximate surface area is 144 Å². The third kappa shape index (κ3) is 4.48. The standard InChI is InChI=1S/C18H19N3O4/c22-16-7-5-12(20-17(23)8-6-13-3-2-10-25-13)11-15(16)21-18(24)14-4-1-9-19-14/h2-3,5-8,10-11,14,19,22H,1,4,9H2,(H,20,23)(H,21,24)/t14-/m0/s1. The number of phenols is 1. The summed E-state index contributed by atoms with van der Waals surface area (Å²) in [6.07, 6.45) is 6.12. The number of carbonyl (C=O) groups is 2. The summed E-state index contributed by atoms with van der Waals surface area (Å²) in [7, 11) is 0. The molecule has 0 radical (unpaired) electrons. The van der Waals surface area contributed by atoms with Gasteiger partial charge < -0.3 is 25.5 Å². The van der Waals surface area contributed by atoms with Gasteiger partial charge in [-0.1, -0.05) is 0 Å². The van der Waals surface area contributed by atoms with Gasteiger partial charge in [0, 0.05) is 11.8 Å². The smallest absolute Gasteiger partial charge is 0.248 e. The molecule has 2 heterocycles. The first-order valence-corrected chi connectivity index (χ1v) is 8.01. The summed E-state index contributed by atoms with van der Waals surface area (Å²) in [5.41, 5.74) is 0.716. The van der Waals surface area contributed by atoms with E-state index in [1.807, 2.05) is 0 Å². The molecular formula is C18H19N3O4. The van der Waals surface area contributed by atoms with Crippen LogP contribution >= 0.6 is 0 Å². The summed E-state index contributed by atoms with van der Waals surface area (Å²) in [6, 6.07) is 7.69. The number of rotatable bonds is 5. The second-order valence-corrected chi connectivity index (χ2v) is 5.71. The average Bonchev–Trinajstić information content (AvgIpc) is 3.29. The number of nitrogens with one attached hydrogen (secondary N) is 3. The van der Waals surface area contributed by atoms with Crippen LogP contribution in [0.25, 0.3) is 6.08 Å². The highest BCUT2D eigenvalue weighted by Gasteiger charge is 2.22. The second kappa shape index (κ2) is 7.67. The van der Waals surface area contributed by atoms with Crippen molar-refractivity contribution in [2.24, 2.45) is 0 Å². The summed E-state index contributed by atoms with van der Waals surface area (Å²) < 4.78 is 5.11. The van der Waals surface area contributed by atoms with Gasteiger partial charge in [0.15, 0.2) is 0 Å². The fraction of sp³-hybridized carbons (Fsp3) is 0.222. The van der Waals surface area contributed by atoms with E-state index in [0.29, 0.717) is 11.4 Å². The molecule has 1 aromatic carbocycles. The first kappa shape index (κ1) is 16.8. The maximum absolute atomic E-state index is 12.1. The molecule has 25 heavy (non-hydrogen) atoms. The zero-order valence-corrected chi connectivity index (χ0v) is 13.5. The Morgan fingerprint density at radius 2 is 2.16 bits per heavy atom. The lowest BCUT2D eigenvalue weighted by Crippen LogP contribution is -2.35.